The van der Waals surface area contributed by atoms with Gasteiger partial charge in [-0.1, -0.05) is 13.8 Å². The molecule has 0 radical (unpaired) electrons. The fourth-order valence-electron chi connectivity index (χ4n) is 1.13. The number of esters is 2. The SMILES string of the molecule is CC(C)C(C(=O)O)C(=O)O.COC(=O)C(C)C(=O)OC. The number of carbonyl (C=O) groups excluding carboxylic acids is 2. The normalized spacial score (nSPS) is 9.80. The van der Waals surface area contributed by atoms with Crippen molar-refractivity contribution < 1.29 is 38.9 Å². The standard InChI is InChI=1S/2C6H10O4/c1-4(5(7)9-2)6(8)10-3;1-3(2)4(5(7)8)6(9)10/h4H,1-3H3;3-4H,1-2H3,(H,7,8)(H,9,10). The van der Waals surface area contributed by atoms with E-state index in [-0.39, 0.29) is 5.92 Å². The Bertz CT molecular complexity index is 330. The number of carbonyl (C=O) groups is 4. The number of hydrogen-bond acceptors (Lipinski definition) is 6. The van der Waals surface area contributed by atoms with Gasteiger partial charge >= 0.3 is 23.9 Å². The van der Waals surface area contributed by atoms with Gasteiger partial charge in [0.1, 0.15) is 0 Å². The van der Waals surface area contributed by atoms with Crippen LogP contribution in [0.5, 0.6) is 0 Å². The zero-order chi connectivity index (χ0) is 16.5. The molecule has 0 atom stereocenters. The highest BCUT2D eigenvalue weighted by Crippen LogP contribution is 2.10. The van der Waals surface area contributed by atoms with E-state index in [9.17, 15) is 19.2 Å². The van der Waals surface area contributed by atoms with E-state index in [1.54, 1.807) is 13.8 Å². The van der Waals surface area contributed by atoms with Gasteiger partial charge in [-0.3, -0.25) is 19.2 Å². The van der Waals surface area contributed by atoms with Crippen LogP contribution in [0.1, 0.15) is 20.8 Å². The van der Waals surface area contributed by atoms with E-state index in [1.807, 2.05) is 0 Å². The average Bonchev–Trinajstić information content (AvgIpc) is 2.35. The summed E-state index contributed by atoms with van der Waals surface area (Å²) in [6, 6.07) is 0. The first-order valence-corrected chi connectivity index (χ1v) is 5.71. The van der Waals surface area contributed by atoms with Crippen molar-refractivity contribution in [2.45, 2.75) is 20.8 Å². The number of methoxy groups -OCH3 is 2. The van der Waals surface area contributed by atoms with Gasteiger partial charge in [-0.25, -0.2) is 0 Å². The lowest BCUT2D eigenvalue weighted by Crippen LogP contribution is -2.28. The van der Waals surface area contributed by atoms with Crippen LogP contribution in [0.25, 0.3) is 0 Å². The lowest BCUT2D eigenvalue weighted by Gasteiger charge is -2.09. The quantitative estimate of drug-likeness (QED) is 0.550. The number of aliphatic carboxylic acids is 2. The van der Waals surface area contributed by atoms with Gasteiger partial charge in [0.05, 0.1) is 14.2 Å². The van der Waals surface area contributed by atoms with E-state index < -0.39 is 35.7 Å². The zero-order valence-electron chi connectivity index (χ0n) is 12.1. The first-order chi connectivity index (χ1) is 9.09. The first kappa shape index (κ1) is 20.2. The van der Waals surface area contributed by atoms with Crippen LogP contribution in [0.15, 0.2) is 0 Å². The second-order valence-corrected chi connectivity index (χ2v) is 4.17. The number of hydrogen-bond donors (Lipinski definition) is 2. The minimum atomic E-state index is -1.28. The first-order valence-electron chi connectivity index (χ1n) is 5.71. The lowest BCUT2D eigenvalue weighted by atomic mass is 9.97. The molecule has 2 N–H and O–H groups in total. The van der Waals surface area contributed by atoms with Gasteiger partial charge in [-0.05, 0) is 12.8 Å². The van der Waals surface area contributed by atoms with Gasteiger partial charge in [-0.2, -0.15) is 0 Å². The molecule has 0 amide bonds. The van der Waals surface area contributed by atoms with E-state index in [0.29, 0.717) is 0 Å². The van der Waals surface area contributed by atoms with E-state index in [0.717, 1.165) is 0 Å². The number of carboxylic acid groups (broad SMARTS) is 2. The number of carboxylic acids is 2. The van der Waals surface area contributed by atoms with Crippen molar-refractivity contribution in [3.63, 3.8) is 0 Å². The summed E-state index contributed by atoms with van der Waals surface area (Å²) >= 11 is 0. The molecule has 0 saturated carbocycles. The third-order valence-electron chi connectivity index (χ3n) is 2.31. The van der Waals surface area contributed by atoms with E-state index in [1.165, 1.54) is 21.1 Å². The predicted molar refractivity (Wildman–Crippen MR) is 66.8 cm³/mol. The van der Waals surface area contributed by atoms with Gasteiger partial charge in [0, 0.05) is 0 Å². The highest BCUT2D eigenvalue weighted by atomic mass is 16.5. The van der Waals surface area contributed by atoms with Gasteiger partial charge < -0.3 is 19.7 Å². The molecule has 8 nitrogen and oxygen atoms in total. The van der Waals surface area contributed by atoms with Gasteiger partial charge in [0.2, 0.25) is 0 Å². The molecular weight excluding hydrogens is 272 g/mol. The molecule has 0 aromatic carbocycles. The molecule has 8 heteroatoms. The van der Waals surface area contributed by atoms with Crippen molar-refractivity contribution in [2.75, 3.05) is 14.2 Å². The summed E-state index contributed by atoms with van der Waals surface area (Å²) in [6.07, 6.45) is 0. The van der Waals surface area contributed by atoms with Gasteiger partial charge in [-0.15, -0.1) is 0 Å². The van der Waals surface area contributed by atoms with Crippen LogP contribution in [0.2, 0.25) is 0 Å². The molecule has 0 fully saturated rings. The van der Waals surface area contributed by atoms with Crippen LogP contribution in [-0.4, -0.2) is 48.3 Å². The summed E-state index contributed by atoms with van der Waals surface area (Å²) in [4.78, 5) is 41.6. The number of ether oxygens (including phenoxy) is 2. The Morgan fingerprint density at radius 3 is 1.20 bits per heavy atom. The van der Waals surface area contributed by atoms with Crippen molar-refractivity contribution >= 4 is 23.9 Å². The van der Waals surface area contributed by atoms with Crippen molar-refractivity contribution in [1.29, 1.82) is 0 Å². The van der Waals surface area contributed by atoms with Crippen LogP contribution >= 0.6 is 0 Å². The molecule has 0 rings (SSSR count). The van der Waals surface area contributed by atoms with Crippen LogP contribution in [0.4, 0.5) is 0 Å². The Morgan fingerprint density at radius 1 is 0.800 bits per heavy atom. The molecule has 20 heavy (non-hydrogen) atoms. The lowest BCUT2D eigenvalue weighted by molar-refractivity contribution is -0.159. The largest absolute Gasteiger partial charge is 0.481 e. The molecule has 0 bridgehead atoms. The summed E-state index contributed by atoms with van der Waals surface area (Å²) < 4.78 is 8.59. The van der Waals surface area contributed by atoms with Crippen molar-refractivity contribution in [1.82, 2.24) is 0 Å². The van der Waals surface area contributed by atoms with Crippen LogP contribution in [0, 0.1) is 17.8 Å². The molecule has 116 valence electrons. The van der Waals surface area contributed by atoms with Gasteiger partial charge in [0.15, 0.2) is 11.8 Å². The smallest absolute Gasteiger partial charge is 0.319 e. The predicted octanol–water partition coefficient (Wildman–Crippen LogP) is 0.396. The molecule has 0 saturated heterocycles. The fourth-order valence-corrected chi connectivity index (χ4v) is 1.13. The van der Waals surface area contributed by atoms with Crippen LogP contribution in [-0.2, 0) is 28.7 Å². The molecule has 0 aromatic rings. The summed E-state index contributed by atoms with van der Waals surface area (Å²) in [6.45, 7) is 4.55. The maximum atomic E-state index is 10.6. The van der Waals surface area contributed by atoms with Crippen molar-refractivity contribution in [3.05, 3.63) is 0 Å². The third kappa shape index (κ3) is 7.34. The topological polar surface area (TPSA) is 127 Å². The molecule has 0 heterocycles. The Labute approximate surface area is 116 Å². The summed E-state index contributed by atoms with van der Waals surface area (Å²) in [5.74, 6) is -6.17. The van der Waals surface area contributed by atoms with E-state index in [2.05, 4.69) is 9.47 Å². The maximum Gasteiger partial charge on any atom is 0.319 e. The minimum absolute atomic E-state index is 0.366. The summed E-state index contributed by atoms with van der Waals surface area (Å²) in [5.41, 5.74) is 0. The van der Waals surface area contributed by atoms with E-state index in [4.69, 9.17) is 10.2 Å². The Balaban J connectivity index is 0. The fraction of sp³-hybridized carbons (Fsp3) is 0.667. The monoisotopic (exact) mass is 292 g/mol. The zero-order valence-corrected chi connectivity index (χ0v) is 12.1. The number of rotatable bonds is 5. The summed E-state index contributed by atoms with van der Waals surface area (Å²) in [5, 5.41) is 16.7. The van der Waals surface area contributed by atoms with Gasteiger partial charge in [0.25, 0.3) is 0 Å². The Morgan fingerprint density at radius 2 is 1.10 bits per heavy atom. The minimum Gasteiger partial charge on any atom is -0.481 e. The van der Waals surface area contributed by atoms with Crippen LogP contribution < -0.4 is 0 Å². The molecule has 0 aromatic heterocycles. The molecule has 0 aliphatic rings. The highest BCUT2D eigenvalue weighted by Gasteiger charge is 2.28. The Kier molecular flexibility index (Phi) is 9.86. The van der Waals surface area contributed by atoms with Crippen molar-refractivity contribution in [3.8, 4) is 0 Å². The second-order valence-electron chi connectivity index (χ2n) is 4.17. The average molecular weight is 292 g/mol. The third-order valence-corrected chi connectivity index (χ3v) is 2.31. The molecule has 0 spiro atoms. The maximum absolute atomic E-state index is 10.6. The molecule has 0 aliphatic heterocycles. The molecule has 0 unspecified atom stereocenters. The van der Waals surface area contributed by atoms with E-state index >= 15 is 0 Å². The summed E-state index contributed by atoms with van der Waals surface area (Å²) in [7, 11) is 2.45. The molecule has 0 aliphatic carbocycles. The molecular formula is C12H20O8. The highest BCUT2D eigenvalue weighted by molar-refractivity contribution is 5.94. The van der Waals surface area contributed by atoms with Crippen molar-refractivity contribution in [2.24, 2.45) is 17.8 Å². The Hall–Kier alpha value is -2.12. The second kappa shape index (κ2) is 9.76. The van der Waals surface area contributed by atoms with Crippen LogP contribution in [0.3, 0.4) is 0 Å².